The minimum atomic E-state index is -1.00. The second kappa shape index (κ2) is 10.0. The molecule has 7 rings (SSSR count). The van der Waals surface area contributed by atoms with Crippen molar-refractivity contribution in [3.05, 3.63) is 113 Å². The van der Waals surface area contributed by atoms with Gasteiger partial charge in [-0.2, -0.15) is 10.2 Å². The first-order valence-electron chi connectivity index (χ1n) is 13.2. The molecule has 3 unspecified atom stereocenters. The average Bonchev–Trinajstić information content (AvgIpc) is 3.69. The van der Waals surface area contributed by atoms with Crippen LogP contribution >= 0.6 is 15.9 Å². The highest BCUT2D eigenvalue weighted by Gasteiger charge is 2.55. The van der Waals surface area contributed by atoms with E-state index < -0.39 is 23.9 Å². The van der Waals surface area contributed by atoms with Gasteiger partial charge in [-0.3, -0.25) is 19.4 Å². The van der Waals surface area contributed by atoms with Crippen LogP contribution in [-0.4, -0.2) is 52.1 Å². The molecule has 0 spiro atoms. The molecule has 0 radical (unpaired) electrons. The van der Waals surface area contributed by atoms with Crippen molar-refractivity contribution < 1.29 is 14.4 Å². The lowest BCUT2D eigenvalue weighted by Gasteiger charge is -2.25. The summed E-state index contributed by atoms with van der Waals surface area (Å²) < 4.78 is 0.953. The number of hydrogen-bond acceptors (Lipinski definition) is 7. The maximum atomic E-state index is 13.8. The predicted octanol–water partition coefficient (Wildman–Crippen LogP) is 5.27. The van der Waals surface area contributed by atoms with Gasteiger partial charge in [0.15, 0.2) is 12.1 Å². The van der Waals surface area contributed by atoms with Crippen LogP contribution in [0.4, 0.5) is 5.69 Å². The quantitative estimate of drug-likeness (QED) is 0.289. The minimum absolute atomic E-state index is 0.243. The molecule has 0 N–H and O–H groups in total. The van der Waals surface area contributed by atoms with Gasteiger partial charge in [-0.25, -0.2) is 9.91 Å². The maximum absolute atomic E-state index is 13.8. The van der Waals surface area contributed by atoms with Gasteiger partial charge < -0.3 is 0 Å². The predicted molar refractivity (Wildman–Crippen MR) is 157 cm³/mol. The van der Waals surface area contributed by atoms with Gasteiger partial charge >= 0.3 is 0 Å². The lowest BCUT2D eigenvalue weighted by atomic mass is 9.98. The fourth-order valence-electron chi connectivity index (χ4n) is 5.70. The molecule has 3 heterocycles. The van der Waals surface area contributed by atoms with Crippen molar-refractivity contribution >= 4 is 55.8 Å². The normalized spacial score (nSPS) is 21.6. The molecule has 202 valence electrons. The molecule has 3 amide bonds. The van der Waals surface area contributed by atoms with E-state index in [1.807, 2.05) is 91.0 Å². The van der Waals surface area contributed by atoms with Gasteiger partial charge in [-0.05, 0) is 34.7 Å². The summed E-state index contributed by atoms with van der Waals surface area (Å²) in [4.78, 5) is 42.0. The lowest BCUT2D eigenvalue weighted by Crippen LogP contribution is -2.44. The summed E-state index contributed by atoms with van der Waals surface area (Å²) in [6, 6.07) is 28.3. The number of anilines is 1. The van der Waals surface area contributed by atoms with E-state index in [2.05, 4.69) is 26.3 Å². The topological polar surface area (TPSA) is 98.0 Å². The van der Waals surface area contributed by atoms with E-state index in [0.717, 1.165) is 32.1 Å². The molecule has 3 aliphatic rings. The fraction of sp³-hybridized carbons (Fsp3) is 0.161. The standard InChI is InChI=1S/C31H23BrN6O3/c32-22-15-13-20(14-16-22)24-17-26(21-8-2-1-3-9-21)38(34-24)27(39)18-36-29-28(33-35-36)30(40)37(31(29)41)25-12-6-10-19-7-4-5-11-23(19)25/h1-16,26,28-29H,17-18H2. The Labute approximate surface area is 243 Å². The molecule has 4 aromatic rings. The van der Waals surface area contributed by atoms with Crippen molar-refractivity contribution in [1.29, 1.82) is 0 Å². The Morgan fingerprint density at radius 1 is 0.854 bits per heavy atom. The van der Waals surface area contributed by atoms with Crippen LogP contribution in [0.25, 0.3) is 10.8 Å². The van der Waals surface area contributed by atoms with E-state index >= 15 is 0 Å². The summed E-state index contributed by atoms with van der Waals surface area (Å²) in [6.45, 7) is -0.243. The highest BCUT2D eigenvalue weighted by Crippen LogP contribution is 2.37. The Balaban J connectivity index is 1.16. The number of amides is 3. The second-order valence-electron chi connectivity index (χ2n) is 10.1. The second-order valence-corrected chi connectivity index (χ2v) is 11.0. The Hall–Kier alpha value is -4.70. The Kier molecular flexibility index (Phi) is 6.19. The number of hydrogen-bond donors (Lipinski definition) is 0. The van der Waals surface area contributed by atoms with E-state index in [9.17, 15) is 14.4 Å². The monoisotopic (exact) mass is 606 g/mol. The van der Waals surface area contributed by atoms with Crippen molar-refractivity contribution in [2.75, 3.05) is 11.4 Å². The number of benzene rings is 4. The summed E-state index contributed by atoms with van der Waals surface area (Å²) >= 11 is 3.46. The molecule has 9 nitrogen and oxygen atoms in total. The zero-order chi connectivity index (χ0) is 28.1. The maximum Gasteiger partial charge on any atom is 0.264 e. The number of hydrazone groups is 1. The van der Waals surface area contributed by atoms with Gasteiger partial charge in [0, 0.05) is 16.3 Å². The molecule has 41 heavy (non-hydrogen) atoms. The van der Waals surface area contributed by atoms with Crippen LogP contribution in [0.2, 0.25) is 0 Å². The Morgan fingerprint density at radius 2 is 1.59 bits per heavy atom. The Bertz CT molecular complexity index is 1750. The largest absolute Gasteiger partial charge is 0.271 e. The molecule has 0 aliphatic carbocycles. The van der Waals surface area contributed by atoms with Crippen molar-refractivity contribution in [3.8, 4) is 0 Å². The summed E-state index contributed by atoms with van der Waals surface area (Å²) in [7, 11) is 0. The molecular formula is C31H23BrN6O3. The van der Waals surface area contributed by atoms with Gasteiger partial charge in [0.2, 0.25) is 0 Å². The summed E-state index contributed by atoms with van der Waals surface area (Å²) in [5.41, 5.74) is 3.16. The highest BCUT2D eigenvalue weighted by atomic mass is 79.9. The van der Waals surface area contributed by atoms with Crippen molar-refractivity contribution in [3.63, 3.8) is 0 Å². The number of nitrogens with zero attached hydrogens (tertiary/aromatic N) is 6. The average molecular weight is 607 g/mol. The first kappa shape index (κ1) is 25.3. The van der Waals surface area contributed by atoms with Gasteiger partial charge in [-0.15, -0.1) is 0 Å². The third-order valence-corrected chi connectivity index (χ3v) is 8.22. The zero-order valence-electron chi connectivity index (χ0n) is 21.7. The number of carbonyl (C=O) groups excluding carboxylic acids is 3. The molecule has 0 aromatic heterocycles. The SMILES string of the molecule is O=C1C2N=NN(CC(=O)N3N=C(c4ccc(Br)cc4)CC3c3ccccc3)C2C(=O)N1c1cccc2ccccc12. The number of fused-ring (bicyclic) bond motifs is 2. The smallest absolute Gasteiger partial charge is 0.264 e. The third-order valence-electron chi connectivity index (χ3n) is 7.69. The molecule has 10 heteroatoms. The van der Waals surface area contributed by atoms with Crippen LogP contribution in [0, 0.1) is 0 Å². The van der Waals surface area contributed by atoms with E-state index in [0.29, 0.717) is 12.1 Å². The molecule has 0 bridgehead atoms. The lowest BCUT2D eigenvalue weighted by molar-refractivity contribution is -0.135. The first-order chi connectivity index (χ1) is 20.0. The van der Waals surface area contributed by atoms with Crippen LogP contribution in [0.5, 0.6) is 0 Å². The van der Waals surface area contributed by atoms with E-state index in [1.165, 1.54) is 14.9 Å². The van der Waals surface area contributed by atoms with Gasteiger partial charge in [-0.1, -0.05) is 100 Å². The van der Waals surface area contributed by atoms with Gasteiger partial charge in [0.05, 0.1) is 17.4 Å². The molecular weight excluding hydrogens is 584 g/mol. The molecule has 4 aromatic carbocycles. The van der Waals surface area contributed by atoms with Crippen molar-refractivity contribution in [1.82, 2.24) is 10.0 Å². The van der Waals surface area contributed by atoms with E-state index in [-0.39, 0.29) is 18.5 Å². The molecule has 0 saturated carbocycles. The van der Waals surface area contributed by atoms with E-state index in [4.69, 9.17) is 5.10 Å². The number of rotatable bonds is 5. The third kappa shape index (κ3) is 4.31. The van der Waals surface area contributed by atoms with Crippen LogP contribution in [-0.2, 0) is 14.4 Å². The number of carbonyl (C=O) groups is 3. The van der Waals surface area contributed by atoms with Gasteiger partial charge in [0.25, 0.3) is 17.7 Å². The van der Waals surface area contributed by atoms with Crippen LogP contribution < -0.4 is 4.90 Å². The molecule has 1 fully saturated rings. The van der Waals surface area contributed by atoms with Crippen LogP contribution in [0.15, 0.2) is 117 Å². The fourth-order valence-corrected chi connectivity index (χ4v) is 5.96. The Morgan fingerprint density at radius 3 is 2.39 bits per heavy atom. The van der Waals surface area contributed by atoms with E-state index in [1.54, 1.807) is 6.07 Å². The van der Waals surface area contributed by atoms with Crippen molar-refractivity contribution in [2.45, 2.75) is 24.5 Å². The molecule has 1 saturated heterocycles. The van der Waals surface area contributed by atoms with Crippen LogP contribution in [0.3, 0.4) is 0 Å². The molecule has 3 atom stereocenters. The number of halogens is 1. The minimum Gasteiger partial charge on any atom is -0.271 e. The summed E-state index contributed by atoms with van der Waals surface area (Å²) in [5.74, 6) is -1.24. The summed E-state index contributed by atoms with van der Waals surface area (Å²) in [5, 5.41) is 17.4. The summed E-state index contributed by atoms with van der Waals surface area (Å²) in [6.07, 6.45) is 0.539. The highest BCUT2D eigenvalue weighted by molar-refractivity contribution is 9.10. The van der Waals surface area contributed by atoms with Crippen LogP contribution in [0.1, 0.15) is 23.6 Å². The number of imide groups is 1. The first-order valence-corrected chi connectivity index (χ1v) is 14.0. The van der Waals surface area contributed by atoms with Gasteiger partial charge in [0.1, 0.15) is 6.54 Å². The zero-order valence-corrected chi connectivity index (χ0v) is 23.3. The molecule has 3 aliphatic heterocycles. The van der Waals surface area contributed by atoms with Crippen molar-refractivity contribution in [2.24, 2.45) is 15.4 Å².